The summed E-state index contributed by atoms with van der Waals surface area (Å²) in [6.45, 7) is 1.45. The van der Waals surface area contributed by atoms with E-state index in [0.717, 1.165) is 21.3 Å². The van der Waals surface area contributed by atoms with Gasteiger partial charge in [-0.15, -0.1) is 0 Å². The zero-order chi connectivity index (χ0) is 35.3. The summed E-state index contributed by atoms with van der Waals surface area (Å²) in [6, 6.07) is 24.6. The predicted molar refractivity (Wildman–Crippen MR) is 178 cm³/mol. The Balaban J connectivity index is 1.65. The fourth-order valence-electron chi connectivity index (χ4n) is 6.47. The molecule has 0 N–H and O–H groups in total. The van der Waals surface area contributed by atoms with Crippen LogP contribution in [0.4, 0.5) is 0 Å². The second kappa shape index (κ2) is 14.9. The normalized spacial score (nSPS) is 17.5. The quantitative estimate of drug-likeness (QED) is 0.125. The van der Waals surface area contributed by atoms with Crippen LogP contribution >= 0.6 is 0 Å². The average molecular weight is 673 g/mol. The Morgan fingerprint density at radius 1 is 0.816 bits per heavy atom. The van der Waals surface area contributed by atoms with Crippen LogP contribution in [0.5, 0.6) is 11.5 Å². The summed E-state index contributed by atoms with van der Waals surface area (Å²) in [7, 11) is 6.93. The summed E-state index contributed by atoms with van der Waals surface area (Å²) in [4.78, 5) is 52.1. The number of hydrogen-bond acceptors (Lipinski definition) is 10. The van der Waals surface area contributed by atoms with Gasteiger partial charge < -0.3 is 28.4 Å². The number of carbonyl (C=O) groups is 2. The topological polar surface area (TPSA) is 134 Å². The zero-order valence-electron chi connectivity index (χ0n) is 28.3. The number of hydrogen-bond donors (Lipinski definition) is 0. The number of benzene rings is 3. The van der Waals surface area contributed by atoms with Gasteiger partial charge in [0, 0.05) is 24.7 Å². The van der Waals surface area contributed by atoms with Gasteiger partial charge in [-0.25, -0.2) is 4.79 Å². The molecule has 0 amide bonds. The van der Waals surface area contributed by atoms with Gasteiger partial charge in [0.15, 0.2) is 5.92 Å². The lowest BCUT2D eigenvalue weighted by molar-refractivity contribution is -0.164. The Morgan fingerprint density at radius 2 is 1.33 bits per heavy atom. The van der Waals surface area contributed by atoms with Gasteiger partial charge in [0.05, 0.1) is 41.2 Å². The van der Waals surface area contributed by atoms with Crippen LogP contribution in [-0.2, 0) is 41.2 Å². The van der Waals surface area contributed by atoms with Crippen molar-refractivity contribution in [1.29, 1.82) is 0 Å². The maximum Gasteiger partial charge on any atom is 0.332 e. The summed E-state index contributed by atoms with van der Waals surface area (Å²) in [5, 5.41) is 0. The average Bonchev–Trinajstić information content (AvgIpc) is 3.56. The van der Waals surface area contributed by atoms with E-state index in [0.29, 0.717) is 17.1 Å². The molecular formula is C37H40N2O10. The van der Waals surface area contributed by atoms with Crippen molar-refractivity contribution in [3.63, 3.8) is 0 Å². The molecule has 0 bridgehead atoms. The molecule has 5 rings (SSSR count). The highest BCUT2D eigenvalue weighted by Gasteiger charge is 2.50. The molecule has 3 aromatic carbocycles. The van der Waals surface area contributed by atoms with Crippen molar-refractivity contribution in [2.24, 2.45) is 18.9 Å². The van der Waals surface area contributed by atoms with Crippen molar-refractivity contribution in [2.75, 3.05) is 35.0 Å². The zero-order valence-corrected chi connectivity index (χ0v) is 28.3. The SMILES string of the molecule is COC(=O)C(C(=O)OC)[C@H]1C[C@H](n2cc(C)c(=O)n(C)c2=O)O[C@@H]1COC(c1ccccc1)(c1ccc(OC)cc1)c1ccc(OC)cc1. The number of nitrogens with zero attached hydrogens (tertiary/aromatic N) is 2. The molecule has 258 valence electrons. The lowest BCUT2D eigenvalue weighted by Crippen LogP contribution is -2.41. The summed E-state index contributed by atoms with van der Waals surface area (Å²) in [6.07, 6.45) is -0.396. The number of rotatable bonds is 12. The second-order valence-corrected chi connectivity index (χ2v) is 11.7. The molecular weight excluding hydrogens is 632 g/mol. The molecule has 2 heterocycles. The Bertz CT molecular complexity index is 1820. The monoisotopic (exact) mass is 672 g/mol. The second-order valence-electron chi connectivity index (χ2n) is 11.7. The van der Waals surface area contributed by atoms with Crippen LogP contribution in [0.3, 0.4) is 0 Å². The van der Waals surface area contributed by atoms with Gasteiger partial charge in [0.25, 0.3) is 5.56 Å². The molecule has 1 aliphatic heterocycles. The number of ether oxygens (including phenoxy) is 6. The molecule has 3 atom stereocenters. The summed E-state index contributed by atoms with van der Waals surface area (Å²) in [5.74, 6) is -2.54. The van der Waals surface area contributed by atoms with E-state index in [1.165, 1.54) is 32.0 Å². The third-order valence-corrected chi connectivity index (χ3v) is 9.05. The minimum atomic E-state index is -1.38. The number of aromatic nitrogens is 2. The first kappa shape index (κ1) is 35.1. The first-order valence-electron chi connectivity index (χ1n) is 15.7. The van der Waals surface area contributed by atoms with E-state index in [1.54, 1.807) is 21.1 Å². The lowest BCUT2D eigenvalue weighted by atomic mass is 9.79. The van der Waals surface area contributed by atoms with Crippen LogP contribution < -0.4 is 20.7 Å². The molecule has 12 heteroatoms. The molecule has 0 spiro atoms. The highest BCUT2D eigenvalue weighted by Crippen LogP contribution is 2.44. The number of methoxy groups -OCH3 is 4. The van der Waals surface area contributed by atoms with Crippen molar-refractivity contribution < 1.29 is 38.0 Å². The largest absolute Gasteiger partial charge is 0.497 e. The standard InChI is InChI=1S/C37H40N2O10/c1-23-21-39(36(43)38(2)33(23)40)31-20-29(32(34(41)46-5)35(42)47-6)30(49-31)22-48-37(24-10-8-7-9-11-24,25-12-16-27(44-3)17-13-25)26-14-18-28(45-4)19-15-26/h7-19,21,29-32H,20,22H2,1-6H3/t29-,30+,31+/m0/s1. The lowest BCUT2D eigenvalue weighted by Gasteiger charge is -2.37. The molecule has 12 nitrogen and oxygen atoms in total. The maximum absolute atomic E-state index is 13.3. The van der Waals surface area contributed by atoms with Crippen LogP contribution in [0.15, 0.2) is 94.6 Å². The Morgan fingerprint density at radius 3 is 1.82 bits per heavy atom. The minimum absolute atomic E-state index is 0.0455. The first-order chi connectivity index (χ1) is 23.6. The number of carbonyl (C=O) groups excluding carboxylic acids is 2. The van der Waals surface area contributed by atoms with Crippen molar-refractivity contribution in [1.82, 2.24) is 9.13 Å². The summed E-state index contributed by atoms with van der Waals surface area (Å²) in [5.41, 5.74) is 0.353. The van der Waals surface area contributed by atoms with Gasteiger partial charge in [-0.1, -0.05) is 54.6 Å². The van der Waals surface area contributed by atoms with Crippen LogP contribution in [0, 0.1) is 18.8 Å². The van der Waals surface area contributed by atoms with Crippen LogP contribution in [0.1, 0.15) is 34.9 Å². The molecule has 1 aliphatic rings. The van der Waals surface area contributed by atoms with E-state index in [-0.39, 0.29) is 13.0 Å². The molecule has 0 radical (unpaired) electrons. The van der Waals surface area contributed by atoms with Crippen molar-refractivity contribution >= 4 is 11.9 Å². The number of esters is 2. The van der Waals surface area contributed by atoms with Gasteiger partial charge in [0.1, 0.15) is 23.3 Å². The van der Waals surface area contributed by atoms with E-state index >= 15 is 0 Å². The highest BCUT2D eigenvalue weighted by molar-refractivity contribution is 5.95. The number of aryl methyl sites for hydroxylation is 1. The Labute approximate surface area is 283 Å². The fraction of sp³-hybridized carbons (Fsp3) is 0.351. The van der Waals surface area contributed by atoms with Gasteiger partial charge >= 0.3 is 17.6 Å². The van der Waals surface area contributed by atoms with E-state index in [4.69, 9.17) is 28.4 Å². The molecule has 49 heavy (non-hydrogen) atoms. The van der Waals surface area contributed by atoms with E-state index in [1.807, 2.05) is 78.9 Å². The van der Waals surface area contributed by atoms with Crippen molar-refractivity contribution in [3.05, 3.63) is 128 Å². The fourth-order valence-corrected chi connectivity index (χ4v) is 6.47. The van der Waals surface area contributed by atoms with Crippen LogP contribution in [0.2, 0.25) is 0 Å². The summed E-state index contributed by atoms with van der Waals surface area (Å²) < 4.78 is 36.8. The van der Waals surface area contributed by atoms with Gasteiger partial charge in [-0.3, -0.25) is 23.5 Å². The van der Waals surface area contributed by atoms with E-state index < -0.39 is 53.0 Å². The van der Waals surface area contributed by atoms with E-state index in [2.05, 4.69) is 0 Å². The molecule has 0 unspecified atom stereocenters. The molecule has 0 aliphatic carbocycles. The Hall–Kier alpha value is -5.20. The Kier molecular flexibility index (Phi) is 10.7. The van der Waals surface area contributed by atoms with Crippen LogP contribution in [-0.4, -0.2) is 62.2 Å². The van der Waals surface area contributed by atoms with Crippen molar-refractivity contribution in [3.8, 4) is 11.5 Å². The maximum atomic E-state index is 13.3. The van der Waals surface area contributed by atoms with Gasteiger partial charge in [-0.2, -0.15) is 0 Å². The van der Waals surface area contributed by atoms with Gasteiger partial charge in [0.2, 0.25) is 0 Å². The van der Waals surface area contributed by atoms with Crippen molar-refractivity contribution in [2.45, 2.75) is 31.3 Å². The summed E-state index contributed by atoms with van der Waals surface area (Å²) >= 11 is 0. The third kappa shape index (κ3) is 6.74. The highest BCUT2D eigenvalue weighted by atomic mass is 16.6. The molecule has 4 aromatic rings. The molecule has 1 saturated heterocycles. The molecule has 1 aromatic heterocycles. The third-order valence-electron chi connectivity index (χ3n) is 9.05. The smallest absolute Gasteiger partial charge is 0.332 e. The molecule has 0 saturated carbocycles. The van der Waals surface area contributed by atoms with Gasteiger partial charge in [-0.05, 0) is 54.3 Å². The minimum Gasteiger partial charge on any atom is -0.497 e. The van der Waals surface area contributed by atoms with E-state index in [9.17, 15) is 19.2 Å². The van der Waals surface area contributed by atoms with Crippen LogP contribution in [0.25, 0.3) is 0 Å². The first-order valence-corrected chi connectivity index (χ1v) is 15.7. The molecule has 1 fully saturated rings. The predicted octanol–water partition coefficient (Wildman–Crippen LogP) is 3.75.